The van der Waals surface area contributed by atoms with Crippen molar-refractivity contribution in [3.8, 4) is 17.3 Å². The van der Waals surface area contributed by atoms with Crippen molar-refractivity contribution in [3.05, 3.63) is 34.9 Å². The van der Waals surface area contributed by atoms with Crippen LogP contribution in [0, 0.1) is 17.7 Å². The number of fused-ring (bicyclic) bond motifs is 6. The van der Waals surface area contributed by atoms with E-state index in [9.17, 15) is 4.39 Å². The van der Waals surface area contributed by atoms with E-state index in [1.165, 1.54) is 0 Å². The zero-order valence-electron chi connectivity index (χ0n) is 25.1. The highest BCUT2D eigenvalue weighted by Crippen LogP contribution is 2.54. The van der Waals surface area contributed by atoms with Crippen LogP contribution in [0.25, 0.3) is 33.1 Å². The van der Waals surface area contributed by atoms with E-state index in [1.54, 1.807) is 12.4 Å². The van der Waals surface area contributed by atoms with Crippen LogP contribution in [0.2, 0.25) is 5.02 Å². The lowest BCUT2D eigenvalue weighted by Gasteiger charge is -2.34. The second-order valence-electron chi connectivity index (χ2n) is 13.8. The van der Waals surface area contributed by atoms with Gasteiger partial charge in [0.1, 0.15) is 29.8 Å². The lowest BCUT2D eigenvalue weighted by molar-refractivity contribution is 0.107. The van der Waals surface area contributed by atoms with Gasteiger partial charge < -0.3 is 14.4 Å². The molecule has 3 saturated heterocycles. The lowest BCUT2D eigenvalue weighted by Crippen LogP contribution is -2.43. The van der Waals surface area contributed by atoms with E-state index in [0.29, 0.717) is 59.8 Å². The van der Waals surface area contributed by atoms with Gasteiger partial charge in [0.2, 0.25) is 0 Å². The van der Waals surface area contributed by atoms with Crippen molar-refractivity contribution >= 4 is 39.2 Å². The van der Waals surface area contributed by atoms with E-state index in [2.05, 4.69) is 20.0 Å². The molecule has 0 spiro atoms. The molecule has 1 aromatic carbocycles. The number of anilines is 1. The van der Waals surface area contributed by atoms with Gasteiger partial charge in [-0.25, -0.2) is 8.78 Å². The van der Waals surface area contributed by atoms with Crippen LogP contribution in [0.5, 0.6) is 6.01 Å². The number of nitrogens with one attached hydrogen (secondary N) is 1. The standard InChI is InChI=1S/C33H36ClF2N7O2/c34-24-10-25-22(13-38-41-25)27-26(24)21-9-19(21)16-44-8-4-18-3-1-6-42(14-18)31-23-12-37-30(27)28(36)29(23)39-32(40-31)45-17-33-5-2-7-43(33)15-20(35)11-33/h10,12-13,18-21H,1-9,11,14-17H2,(H,38,41)/t18-,19+,20+,21+,33-/m0/s1. The van der Waals surface area contributed by atoms with Gasteiger partial charge in [-0.15, -0.1) is 0 Å². The number of aromatic nitrogens is 5. The molecular formula is C33H36ClF2N7O2. The number of piperidine rings is 1. The van der Waals surface area contributed by atoms with E-state index in [0.717, 1.165) is 74.6 Å². The summed E-state index contributed by atoms with van der Waals surface area (Å²) < 4.78 is 44.1. The summed E-state index contributed by atoms with van der Waals surface area (Å²) in [5.74, 6) is 0.979. The molecule has 4 aromatic rings. The smallest absolute Gasteiger partial charge is 0.319 e. The summed E-state index contributed by atoms with van der Waals surface area (Å²) in [6.07, 6.45) is 8.85. The second kappa shape index (κ2) is 10.7. The Morgan fingerprint density at radius 2 is 2.07 bits per heavy atom. The Morgan fingerprint density at radius 1 is 1.13 bits per heavy atom. The van der Waals surface area contributed by atoms with Crippen LogP contribution in [0.4, 0.5) is 14.6 Å². The quantitative estimate of drug-likeness (QED) is 0.291. The largest absolute Gasteiger partial charge is 0.461 e. The molecule has 6 bridgehead atoms. The van der Waals surface area contributed by atoms with Gasteiger partial charge in [-0.1, -0.05) is 11.6 Å². The summed E-state index contributed by atoms with van der Waals surface area (Å²) in [7, 11) is 0. The molecule has 0 radical (unpaired) electrons. The molecule has 1 aliphatic carbocycles. The predicted molar refractivity (Wildman–Crippen MR) is 167 cm³/mol. The van der Waals surface area contributed by atoms with E-state index in [-0.39, 0.29) is 35.3 Å². The number of H-pyrrole nitrogens is 1. The minimum Gasteiger partial charge on any atom is -0.461 e. The molecule has 236 valence electrons. The van der Waals surface area contributed by atoms with Gasteiger partial charge in [0.25, 0.3) is 0 Å². The molecular weight excluding hydrogens is 600 g/mol. The highest BCUT2D eigenvalue weighted by Gasteiger charge is 2.49. The first-order valence-electron chi connectivity index (χ1n) is 16.3. The van der Waals surface area contributed by atoms with Gasteiger partial charge in [-0.05, 0) is 74.5 Å². The first kappa shape index (κ1) is 28.1. The van der Waals surface area contributed by atoms with Crippen molar-refractivity contribution in [2.24, 2.45) is 11.8 Å². The van der Waals surface area contributed by atoms with E-state index < -0.39 is 12.0 Å². The summed E-state index contributed by atoms with van der Waals surface area (Å²) in [6.45, 7) is 4.51. The number of alkyl halides is 1. The zero-order valence-corrected chi connectivity index (χ0v) is 25.8. The highest BCUT2D eigenvalue weighted by atomic mass is 35.5. The molecule has 1 N–H and O–H groups in total. The predicted octanol–water partition coefficient (Wildman–Crippen LogP) is 6.06. The fourth-order valence-electron chi connectivity index (χ4n) is 8.60. The van der Waals surface area contributed by atoms with Crippen LogP contribution in [-0.2, 0) is 4.74 Å². The molecule has 0 unspecified atom stereocenters. The molecule has 3 aromatic heterocycles. The summed E-state index contributed by atoms with van der Waals surface area (Å²) >= 11 is 6.93. The Labute approximate surface area is 264 Å². The maximum atomic E-state index is 17.1. The van der Waals surface area contributed by atoms with Gasteiger partial charge in [0, 0.05) is 61.4 Å². The molecule has 45 heavy (non-hydrogen) atoms. The summed E-state index contributed by atoms with van der Waals surface area (Å²) in [4.78, 5) is 18.8. The fourth-order valence-corrected chi connectivity index (χ4v) is 8.95. The number of nitrogens with zero attached hydrogens (tertiary/aromatic N) is 6. The SMILES string of the molecule is Fc1c2ncc3c(nc(OC[C@@]45CCCN4C[C@H](F)C5)nc13)N1CCC[C@@H](CCOC[C@H]3C[C@H]3c3c(Cl)cc4[nH]ncc4c3-2)C1. The molecule has 8 heterocycles. The number of pyridine rings is 1. The van der Waals surface area contributed by atoms with E-state index >= 15 is 4.39 Å². The van der Waals surface area contributed by atoms with Gasteiger partial charge in [-0.3, -0.25) is 15.0 Å². The molecule has 0 amide bonds. The average molecular weight is 636 g/mol. The van der Waals surface area contributed by atoms with Crippen LogP contribution < -0.4 is 9.64 Å². The second-order valence-corrected chi connectivity index (χ2v) is 14.2. The summed E-state index contributed by atoms with van der Waals surface area (Å²) in [6, 6.07) is 1.99. The van der Waals surface area contributed by atoms with Crippen molar-refractivity contribution in [1.29, 1.82) is 0 Å². The van der Waals surface area contributed by atoms with Crippen molar-refractivity contribution in [1.82, 2.24) is 30.0 Å². The number of halogens is 3. The minimum absolute atomic E-state index is 0.116. The van der Waals surface area contributed by atoms with E-state index in [4.69, 9.17) is 36.0 Å². The first-order chi connectivity index (χ1) is 22.0. The van der Waals surface area contributed by atoms with Gasteiger partial charge in [-0.2, -0.15) is 15.1 Å². The molecule has 6 aliphatic rings. The van der Waals surface area contributed by atoms with Crippen molar-refractivity contribution < 1.29 is 18.3 Å². The molecule has 10 rings (SSSR count). The molecule has 12 heteroatoms. The number of hydrogen-bond donors (Lipinski definition) is 1. The van der Waals surface area contributed by atoms with Crippen LogP contribution in [0.3, 0.4) is 0 Å². The third kappa shape index (κ3) is 4.67. The molecule has 4 fully saturated rings. The monoisotopic (exact) mass is 635 g/mol. The molecule has 9 nitrogen and oxygen atoms in total. The molecule has 1 saturated carbocycles. The normalized spacial score (nSPS) is 29.8. The van der Waals surface area contributed by atoms with Gasteiger partial charge >= 0.3 is 6.01 Å². The molecule has 5 aliphatic heterocycles. The lowest BCUT2D eigenvalue weighted by atomic mass is 9.94. The minimum atomic E-state index is -0.869. The molecule has 5 atom stereocenters. The van der Waals surface area contributed by atoms with Crippen molar-refractivity contribution in [2.75, 3.05) is 50.9 Å². The van der Waals surface area contributed by atoms with Crippen LogP contribution in [-0.4, -0.2) is 87.8 Å². The van der Waals surface area contributed by atoms with Gasteiger partial charge in [0.05, 0.1) is 22.6 Å². The Morgan fingerprint density at radius 3 is 3.00 bits per heavy atom. The van der Waals surface area contributed by atoms with Crippen LogP contribution >= 0.6 is 11.6 Å². The Hall–Kier alpha value is -3.15. The number of rotatable bonds is 3. The maximum absolute atomic E-state index is 17.1. The first-order valence-corrected chi connectivity index (χ1v) is 16.7. The number of aromatic amines is 1. The number of ether oxygens (including phenoxy) is 2. The topological polar surface area (TPSA) is 92.3 Å². The van der Waals surface area contributed by atoms with Crippen molar-refractivity contribution in [2.45, 2.75) is 62.6 Å². The Bertz CT molecular complexity index is 1800. The average Bonchev–Trinajstić information content (AvgIpc) is 3.28. The summed E-state index contributed by atoms with van der Waals surface area (Å²) in [5, 5.41) is 9.13. The van der Waals surface area contributed by atoms with Crippen LogP contribution in [0.15, 0.2) is 18.5 Å². The van der Waals surface area contributed by atoms with Gasteiger partial charge in [0.15, 0.2) is 5.82 Å². The highest BCUT2D eigenvalue weighted by molar-refractivity contribution is 6.33. The zero-order chi connectivity index (χ0) is 30.3. The maximum Gasteiger partial charge on any atom is 0.319 e. The van der Waals surface area contributed by atoms with E-state index in [1.807, 2.05) is 6.07 Å². The van der Waals surface area contributed by atoms with Crippen molar-refractivity contribution in [3.63, 3.8) is 0 Å². The van der Waals surface area contributed by atoms with Crippen LogP contribution in [0.1, 0.15) is 56.4 Å². The third-order valence-corrected chi connectivity index (χ3v) is 11.3. The fraction of sp³-hybridized carbons (Fsp3) is 0.576. The Kier molecular flexibility index (Phi) is 6.68. The summed E-state index contributed by atoms with van der Waals surface area (Å²) in [5.41, 5.74) is 2.24. The number of hydrogen-bond acceptors (Lipinski definition) is 8. The number of benzene rings is 1. The third-order valence-electron chi connectivity index (χ3n) is 11.0. The Balaban J connectivity index is 1.21.